The minimum Gasteiger partial charge on any atom is -0.0847 e. The maximum Gasteiger partial charge on any atom is 0.0317 e. The van der Waals surface area contributed by atoms with Crippen molar-refractivity contribution in [1.29, 1.82) is 0 Å². The fourth-order valence-electron chi connectivity index (χ4n) is 4.16. The van der Waals surface area contributed by atoms with Crippen molar-refractivity contribution in [2.45, 2.75) is 43.4 Å². The van der Waals surface area contributed by atoms with Gasteiger partial charge in [0.1, 0.15) is 0 Å². The fraction of sp³-hybridized carbons (Fsp3) is 1.00. The van der Waals surface area contributed by atoms with Crippen LogP contribution in [0.25, 0.3) is 0 Å². The second-order valence-electron chi connectivity index (χ2n) is 5.31. The van der Waals surface area contributed by atoms with Crippen molar-refractivity contribution in [3.8, 4) is 0 Å². The van der Waals surface area contributed by atoms with E-state index in [1.807, 2.05) is 0 Å². The predicted octanol–water partition coefficient (Wildman–Crippen LogP) is 3.35. The van der Waals surface area contributed by atoms with E-state index in [1.165, 1.54) is 25.7 Å². The number of rotatable bonds is 0. The first-order valence-corrected chi connectivity index (χ1v) is 5.60. The van der Waals surface area contributed by atoms with Gasteiger partial charge in [-0.2, -0.15) is 0 Å². The van der Waals surface area contributed by atoms with E-state index in [0.29, 0.717) is 9.74 Å². The normalized spacial score (nSPS) is 66.0. The average Bonchev–Trinajstić information content (AvgIpc) is 2.07. The van der Waals surface area contributed by atoms with Gasteiger partial charge in [0.25, 0.3) is 0 Å². The van der Waals surface area contributed by atoms with Gasteiger partial charge in [0, 0.05) is 4.32 Å². The Morgan fingerprint density at radius 1 is 1.09 bits per heavy atom. The van der Waals surface area contributed by atoms with E-state index >= 15 is 0 Å². The van der Waals surface area contributed by atoms with E-state index in [-0.39, 0.29) is 0 Å². The van der Waals surface area contributed by atoms with Crippen molar-refractivity contribution >= 4 is 15.9 Å². The Kier molecular flexibility index (Phi) is 1.08. The van der Waals surface area contributed by atoms with E-state index in [9.17, 15) is 0 Å². The summed E-state index contributed by atoms with van der Waals surface area (Å²) in [6, 6.07) is 0. The topological polar surface area (TPSA) is 0 Å². The van der Waals surface area contributed by atoms with Gasteiger partial charge in [-0.1, -0.05) is 22.9 Å². The molecule has 0 aromatic rings. The summed E-state index contributed by atoms with van der Waals surface area (Å²) in [4.78, 5) is 0. The van der Waals surface area contributed by atoms with Crippen LogP contribution in [0.4, 0.5) is 0 Å². The standard InChI is InChI=1S/C10H15Br/c1-9-3-7-2-8(4-9)6-10(9,11)5-7/h7-8H,2-6H2,1H3. The highest BCUT2D eigenvalue weighted by Gasteiger charge is 2.63. The summed E-state index contributed by atoms with van der Waals surface area (Å²) in [6.07, 6.45) is 7.51. The van der Waals surface area contributed by atoms with Crippen LogP contribution in [0.3, 0.4) is 0 Å². The second-order valence-corrected chi connectivity index (χ2v) is 6.83. The third-order valence-electron chi connectivity index (χ3n) is 4.45. The van der Waals surface area contributed by atoms with Crippen molar-refractivity contribution in [2.75, 3.05) is 0 Å². The number of hydrogen-bond donors (Lipinski definition) is 0. The number of hydrogen-bond acceptors (Lipinski definition) is 0. The van der Waals surface area contributed by atoms with Crippen LogP contribution < -0.4 is 0 Å². The monoisotopic (exact) mass is 214 g/mol. The highest BCUT2D eigenvalue weighted by Crippen LogP contribution is 2.70. The van der Waals surface area contributed by atoms with E-state index in [1.54, 1.807) is 6.42 Å². The second kappa shape index (κ2) is 1.71. The van der Waals surface area contributed by atoms with Gasteiger partial charge in [-0.3, -0.25) is 0 Å². The largest absolute Gasteiger partial charge is 0.0847 e. The molecule has 2 atom stereocenters. The molecule has 0 radical (unpaired) electrons. The third-order valence-corrected chi connectivity index (χ3v) is 6.06. The summed E-state index contributed by atoms with van der Waals surface area (Å²) in [5.74, 6) is 2.15. The van der Waals surface area contributed by atoms with Crippen LogP contribution in [0.2, 0.25) is 0 Å². The molecule has 0 saturated heterocycles. The van der Waals surface area contributed by atoms with E-state index in [0.717, 1.165) is 11.8 Å². The van der Waals surface area contributed by atoms with Crippen molar-refractivity contribution < 1.29 is 0 Å². The van der Waals surface area contributed by atoms with Gasteiger partial charge < -0.3 is 0 Å². The summed E-state index contributed by atoms with van der Waals surface area (Å²) < 4.78 is 0.577. The lowest BCUT2D eigenvalue weighted by atomic mass is 9.77. The number of halogens is 1. The van der Waals surface area contributed by atoms with Gasteiger partial charge in [0.05, 0.1) is 0 Å². The maximum absolute atomic E-state index is 4.00. The summed E-state index contributed by atoms with van der Waals surface area (Å²) in [7, 11) is 0. The molecule has 4 saturated carbocycles. The predicted molar refractivity (Wildman–Crippen MR) is 49.8 cm³/mol. The minimum absolute atomic E-state index is 0.577. The lowest BCUT2D eigenvalue weighted by molar-refractivity contribution is 0.228. The first kappa shape index (κ1) is 6.94. The minimum atomic E-state index is 0.577. The highest BCUT2D eigenvalue weighted by molar-refractivity contribution is 9.10. The Hall–Kier alpha value is 0.480. The molecule has 1 heteroatoms. The first-order valence-electron chi connectivity index (χ1n) is 4.80. The van der Waals surface area contributed by atoms with Crippen molar-refractivity contribution in [1.82, 2.24) is 0 Å². The fourth-order valence-corrected chi connectivity index (χ4v) is 5.40. The van der Waals surface area contributed by atoms with E-state index in [2.05, 4.69) is 22.9 Å². The Morgan fingerprint density at radius 3 is 2.00 bits per heavy atom. The average molecular weight is 215 g/mol. The molecule has 4 fully saturated rings. The molecule has 0 aliphatic heterocycles. The van der Waals surface area contributed by atoms with Crippen LogP contribution >= 0.6 is 15.9 Å². The summed E-state index contributed by atoms with van der Waals surface area (Å²) in [6.45, 7) is 2.50. The molecule has 4 bridgehead atoms. The van der Waals surface area contributed by atoms with E-state index in [4.69, 9.17) is 0 Å². The van der Waals surface area contributed by atoms with Crippen LogP contribution in [-0.2, 0) is 0 Å². The molecule has 4 rings (SSSR count). The molecule has 2 unspecified atom stereocenters. The molecule has 0 N–H and O–H groups in total. The molecule has 4 aliphatic carbocycles. The summed E-state index contributed by atoms with van der Waals surface area (Å²) in [5.41, 5.74) is 0.681. The molecule has 0 nitrogen and oxygen atoms in total. The summed E-state index contributed by atoms with van der Waals surface area (Å²) in [5, 5.41) is 0. The Bertz CT molecular complexity index is 175. The van der Waals surface area contributed by atoms with Gasteiger partial charge in [-0.15, -0.1) is 0 Å². The molecule has 4 aliphatic rings. The van der Waals surface area contributed by atoms with Gasteiger partial charge in [-0.05, 0) is 49.4 Å². The molecule has 0 aromatic heterocycles. The van der Waals surface area contributed by atoms with Gasteiger partial charge in [0.15, 0.2) is 0 Å². The smallest absolute Gasteiger partial charge is 0.0317 e. The number of alkyl halides is 1. The SMILES string of the molecule is CC12CC3CC(C1)CC2(Br)C3. The lowest BCUT2D eigenvalue weighted by Gasteiger charge is -2.32. The van der Waals surface area contributed by atoms with Crippen LogP contribution in [0.5, 0.6) is 0 Å². The lowest BCUT2D eigenvalue weighted by Crippen LogP contribution is -2.29. The molecule has 62 valence electrons. The van der Waals surface area contributed by atoms with E-state index < -0.39 is 0 Å². The molecule has 0 spiro atoms. The Morgan fingerprint density at radius 2 is 1.64 bits per heavy atom. The van der Waals surface area contributed by atoms with Crippen LogP contribution in [-0.4, -0.2) is 4.32 Å². The van der Waals surface area contributed by atoms with Crippen LogP contribution in [0, 0.1) is 17.3 Å². The van der Waals surface area contributed by atoms with Gasteiger partial charge in [-0.25, -0.2) is 0 Å². The zero-order chi connectivity index (χ0) is 7.69. The Balaban J connectivity index is 2.10. The van der Waals surface area contributed by atoms with Gasteiger partial charge >= 0.3 is 0 Å². The molecule has 0 heterocycles. The van der Waals surface area contributed by atoms with Crippen LogP contribution in [0.1, 0.15) is 39.0 Å². The quantitative estimate of drug-likeness (QED) is 0.543. The van der Waals surface area contributed by atoms with Crippen molar-refractivity contribution in [3.05, 3.63) is 0 Å². The molecular formula is C10H15Br. The molecular weight excluding hydrogens is 200 g/mol. The zero-order valence-electron chi connectivity index (χ0n) is 7.07. The van der Waals surface area contributed by atoms with Crippen molar-refractivity contribution in [3.63, 3.8) is 0 Å². The molecule has 0 aromatic carbocycles. The zero-order valence-corrected chi connectivity index (χ0v) is 8.65. The maximum atomic E-state index is 4.00. The van der Waals surface area contributed by atoms with Crippen LogP contribution in [0.15, 0.2) is 0 Å². The third kappa shape index (κ3) is 0.672. The molecule has 11 heavy (non-hydrogen) atoms. The van der Waals surface area contributed by atoms with Crippen molar-refractivity contribution in [2.24, 2.45) is 17.3 Å². The van der Waals surface area contributed by atoms with Gasteiger partial charge in [0.2, 0.25) is 0 Å². The molecule has 0 amide bonds. The Labute approximate surface area is 76.9 Å². The highest BCUT2D eigenvalue weighted by atomic mass is 79.9. The summed E-state index contributed by atoms with van der Waals surface area (Å²) >= 11 is 4.00. The first-order chi connectivity index (χ1) is 5.11.